The molecule has 170 valence electrons. The van der Waals surface area contributed by atoms with Gasteiger partial charge in [0.25, 0.3) is 0 Å². The van der Waals surface area contributed by atoms with Crippen molar-refractivity contribution in [3.63, 3.8) is 0 Å². The molecule has 0 fully saturated rings. The monoisotopic (exact) mass is 485 g/mol. The van der Waals surface area contributed by atoms with Crippen LogP contribution in [0.25, 0.3) is 11.4 Å². The van der Waals surface area contributed by atoms with Crippen molar-refractivity contribution in [1.29, 1.82) is 0 Å². The summed E-state index contributed by atoms with van der Waals surface area (Å²) in [6, 6.07) is 13.5. The number of aromatic nitrogens is 5. The van der Waals surface area contributed by atoms with Gasteiger partial charge in [-0.15, -0.1) is 0 Å². The zero-order chi connectivity index (χ0) is 23.4. The van der Waals surface area contributed by atoms with Crippen LogP contribution in [0.5, 0.6) is 0 Å². The van der Waals surface area contributed by atoms with E-state index in [4.69, 9.17) is 11.6 Å². The lowest BCUT2D eigenvalue weighted by atomic mass is 10.1. The Bertz CT molecular complexity index is 1350. The number of hydrogen-bond acceptors (Lipinski definition) is 9. The second-order valence-electron chi connectivity index (χ2n) is 7.12. The number of rotatable bonds is 8. The Hall–Kier alpha value is -3.54. The number of aliphatic hydroxyl groups is 1. The highest BCUT2D eigenvalue weighted by Gasteiger charge is 2.18. The smallest absolute Gasteiger partial charge is 0.229 e. The van der Waals surface area contributed by atoms with Crippen molar-refractivity contribution in [2.75, 3.05) is 23.5 Å². The molecule has 4 N–H and O–H groups in total. The van der Waals surface area contributed by atoms with Crippen LogP contribution in [0.4, 0.5) is 17.5 Å². The number of sulfone groups is 1. The first-order valence-corrected chi connectivity index (χ1v) is 12.0. The van der Waals surface area contributed by atoms with Crippen LogP contribution in [0, 0.1) is 0 Å². The summed E-state index contributed by atoms with van der Waals surface area (Å²) in [5.74, 6) is 1.09. The lowest BCUT2D eigenvalue weighted by molar-refractivity contribution is 0.276. The molecule has 0 aliphatic rings. The van der Waals surface area contributed by atoms with Crippen molar-refractivity contribution in [2.45, 2.75) is 10.9 Å². The van der Waals surface area contributed by atoms with E-state index in [1.54, 1.807) is 12.3 Å². The second kappa shape index (κ2) is 9.53. The number of H-pyrrole nitrogens is 1. The van der Waals surface area contributed by atoms with Crippen LogP contribution >= 0.6 is 11.6 Å². The largest absolute Gasteiger partial charge is 0.394 e. The SMILES string of the molecule is CS(=O)(=O)c1ccc(Nc2ncc(-c3ncn[nH]3)c(N[C@H](CO)c3ccccc3)n2)cc1Cl. The summed E-state index contributed by atoms with van der Waals surface area (Å²) in [4.78, 5) is 13.1. The maximum atomic E-state index is 11.8. The minimum absolute atomic E-state index is 0.0345. The normalized spacial score (nSPS) is 12.3. The van der Waals surface area contributed by atoms with Crippen LogP contribution in [0.15, 0.2) is 66.0 Å². The molecule has 10 nitrogen and oxygen atoms in total. The molecular weight excluding hydrogens is 466 g/mol. The van der Waals surface area contributed by atoms with E-state index in [1.165, 1.54) is 18.5 Å². The molecule has 0 spiro atoms. The lowest BCUT2D eigenvalue weighted by Gasteiger charge is -2.19. The molecule has 0 saturated heterocycles. The summed E-state index contributed by atoms with van der Waals surface area (Å²) in [5, 5.41) is 23.0. The second-order valence-corrected chi connectivity index (χ2v) is 9.51. The third kappa shape index (κ3) is 5.28. The summed E-state index contributed by atoms with van der Waals surface area (Å²) < 4.78 is 23.6. The van der Waals surface area contributed by atoms with E-state index < -0.39 is 15.9 Å². The van der Waals surface area contributed by atoms with Gasteiger partial charge in [-0.3, -0.25) is 5.10 Å². The maximum Gasteiger partial charge on any atom is 0.229 e. The number of nitrogens with zero attached hydrogens (tertiary/aromatic N) is 4. The Morgan fingerprint density at radius 1 is 1.15 bits per heavy atom. The van der Waals surface area contributed by atoms with Crippen LogP contribution in [0.2, 0.25) is 5.02 Å². The number of halogens is 1. The Morgan fingerprint density at radius 3 is 2.58 bits per heavy atom. The molecule has 0 aliphatic carbocycles. The molecule has 4 aromatic rings. The molecular formula is C21H20ClN7O3S. The van der Waals surface area contributed by atoms with Gasteiger partial charge in [-0.1, -0.05) is 41.9 Å². The summed E-state index contributed by atoms with van der Waals surface area (Å²) in [7, 11) is -3.44. The molecule has 2 aromatic heterocycles. The number of benzene rings is 2. The van der Waals surface area contributed by atoms with Gasteiger partial charge in [0.15, 0.2) is 15.7 Å². The lowest BCUT2D eigenvalue weighted by Crippen LogP contribution is -2.17. The van der Waals surface area contributed by atoms with Gasteiger partial charge in [-0.25, -0.2) is 18.4 Å². The van der Waals surface area contributed by atoms with Gasteiger partial charge in [0.2, 0.25) is 5.95 Å². The van der Waals surface area contributed by atoms with Crippen LogP contribution in [0.3, 0.4) is 0 Å². The third-order valence-corrected chi connectivity index (χ3v) is 6.32. The maximum absolute atomic E-state index is 11.8. The molecule has 12 heteroatoms. The van der Waals surface area contributed by atoms with Gasteiger partial charge < -0.3 is 15.7 Å². The average molecular weight is 486 g/mol. The fourth-order valence-corrected chi connectivity index (χ4v) is 4.48. The number of aromatic amines is 1. The van der Waals surface area contributed by atoms with Crippen molar-refractivity contribution >= 4 is 38.9 Å². The quantitative estimate of drug-likeness (QED) is 0.295. The van der Waals surface area contributed by atoms with Crippen LogP contribution in [-0.4, -0.2) is 51.5 Å². The first kappa shape index (κ1) is 22.6. The van der Waals surface area contributed by atoms with Gasteiger partial charge in [0.05, 0.1) is 28.1 Å². The van der Waals surface area contributed by atoms with Crippen molar-refractivity contribution in [3.05, 3.63) is 71.6 Å². The molecule has 4 rings (SSSR count). The highest BCUT2D eigenvalue weighted by molar-refractivity contribution is 7.90. The van der Waals surface area contributed by atoms with Gasteiger partial charge in [0, 0.05) is 18.1 Å². The number of anilines is 3. The Labute approximate surface area is 195 Å². The molecule has 0 aliphatic heterocycles. The molecule has 0 amide bonds. The van der Waals surface area contributed by atoms with Gasteiger partial charge in [-0.05, 0) is 23.8 Å². The summed E-state index contributed by atoms with van der Waals surface area (Å²) in [6.45, 7) is -0.171. The first-order valence-electron chi connectivity index (χ1n) is 9.77. The molecule has 2 aromatic carbocycles. The molecule has 33 heavy (non-hydrogen) atoms. The molecule has 0 radical (unpaired) electrons. The van der Waals surface area contributed by atoms with Crippen LogP contribution < -0.4 is 10.6 Å². The van der Waals surface area contributed by atoms with Crippen LogP contribution in [0.1, 0.15) is 11.6 Å². The molecule has 0 bridgehead atoms. The van der Waals surface area contributed by atoms with E-state index in [1.807, 2.05) is 30.3 Å². The number of nitrogens with one attached hydrogen (secondary N) is 3. The Kier molecular flexibility index (Phi) is 6.54. The topological polar surface area (TPSA) is 146 Å². The van der Waals surface area contributed by atoms with Crippen molar-refractivity contribution in [1.82, 2.24) is 25.1 Å². The number of aliphatic hydroxyl groups excluding tert-OH is 1. The molecule has 0 saturated carbocycles. The van der Waals surface area contributed by atoms with E-state index in [9.17, 15) is 13.5 Å². The van der Waals surface area contributed by atoms with Crippen molar-refractivity contribution < 1.29 is 13.5 Å². The molecule has 1 atom stereocenters. The highest BCUT2D eigenvalue weighted by Crippen LogP contribution is 2.30. The Morgan fingerprint density at radius 2 is 1.94 bits per heavy atom. The standard InChI is InChI=1S/C21H20ClN7O3S/c1-33(31,32)18-8-7-14(9-16(18)22)26-21-23-10-15(19-24-12-25-29-19)20(28-21)27-17(11-30)13-5-3-2-4-6-13/h2-10,12,17,30H,11H2,1H3,(H,24,25,29)(H2,23,26,27,28)/t17-/m1/s1. The van der Waals surface area contributed by atoms with E-state index in [0.717, 1.165) is 11.8 Å². The van der Waals surface area contributed by atoms with E-state index in [2.05, 4.69) is 35.8 Å². The zero-order valence-corrected chi connectivity index (χ0v) is 19.0. The van der Waals surface area contributed by atoms with Gasteiger partial charge >= 0.3 is 0 Å². The minimum atomic E-state index is -3.44. The predicted molar refractivity (Wildman–Crippen MR) is 125 cm³/mol. The van der Waals surface area contributed by atoms with E-state index >= 15 is 0 Å². The molecule has 2 heterocycles. The van der Waals surface area contributed by atoms with E-state index in [-0.39, 0.29) is 22.5 Å². The van der Waals surface area contributed by atoms with Crippen molar-refractivity contribution in [2.24, 2.45) is 0 Å². The Balaban J connectivity index is 1.67. The summed E-state index contributed by atoms with van der Waals surface area (Å²) in [5.41, 5.74) is 1.94. The minimum Gasteiger partial charge on any atom is -0.394 e. The fraction of sp³-hybridized carbons (Fsp3) is 0.143. The fourth-order valence-electron chi connectivity index (χ4n) is 3.15. The van der Waals surface area contributed by atoms with Crippen molar-refractivity contribution in [3.8, 4) is 11.4 Å². The van der Waals surface area contributed by atoms with Crippen LogP contribution in [-0.2, 0) is 9.84 Å². The van der Waals surface area contributed by atoms with Gasteiger partial charge in [-0.2, -0.15) is 10.1 Å². The molecule has 0 unspecified atom stereocenters. The zero-order valence-electron chi connectivity index (χ0n) is 17.4. The predicted octanol–water partition coefficient (Wildman–Crippen LogP) is 3.21. The average Bonchev–Trinajstić information content (AvgIpc) is 3.32. The summed E-state index contributed by atoms with van der Waals surface area (Å²) >= 11 is 6.14. The summed E-state index contributed by atoms with van der Waals surface area (Å²) in [6.07, 6.45) is 4.02. The van der Waals surface area contributed by atoms with Gasteiger partial charge in [0.1, 0.15) is 12.1 Å². The van der Waals surface area contributed by atoms with E-state index in [0.29, 0.717) is 22.9 Å². The highest BCUT2D eigenvalue weighted by atomic mass is 35.5. The first-order chi connectivity index (χ1) is 15.8. The third-order valence-electron chi connectivity index (χ3n) is 4.74. The number of hydrogen-bond donors (Lipinski definition) is 4.